The summed E-state index contributed by atoms with van der Waals surface area (Å²) < 4.78 is 38.7. The minimum atomic E-state index is -3.86. The molecule has 1 aliphatic heterocycles. The Balaban J connectivity index is 1.32. The molecule has 0 aliphatic carbocycles. The Kier molecular flexibility index (Phi) is 8.58. The van der Waals surface area contributed by atoms with Crippen molar-refractivity contribution in [3.63, 3.8) is 0 Å². The zero-order valence-corrected chi connectivity index (χ0v) is 22.3. The van der Waals surface area contributed by atoms with Crippen LogP contribution in [0.4, 0.5) is 11.4 Å². The van der Waals surface area contributed by atoms with Crippen molar-refractivity contribution in [1.82, 2.24) is 4.90 Å². The summed E-state index contributed by atoms with van der Waals surface area (Å²) >= 11 is 6.08. The van der Waals surface area contributed by atoms with Crippen LogP contribution >= 0.6 is 11.6 Å². The van der Waals surface area contributed by atoms with Gasteiger partial charge in [0.2, 0.25) is 5.91 Å². The summed E-state index contributed by atoms with van der Waals surface area (Å²) in [5, 5.41) is 3.64. The van der Waals surface area contributed by atoms with Gasteiger partial charge in [0.15, 0.2) is 0 Å². The molecule has 3 aromatic rings. The van der Waals surface area contributed by atoms with Crippen molar-refractivity contribution in [2.24, 2.45) is 5.92 Å². The lowest BCUT2D eigenvalue weighted by Gasteiger charge is -2.31. The number of nitrogens with one attached hydrogen (secondary N) is 2. The Morgan fingerprint density at radius 2 is 1.73 bits per heavy atom. The largest absolute Gasteiger partial charge is 0.497 e. The van der Waals surface area contributed by atoms with Crippen molar-refractivity contribution in [2.45, 2.75) is 24.3 Å². The van der Waals surface area contributed by atoms with Crippen LogP contribution in [-0.4, -0.2) is 46.5 Å². The number of methoxy groups -OCH3 is 2. The number of carbonyl (C=O) groups excluding carboxylic acids is 1. The summed E-state index contributed by atoms with van der Waals surface area (Å²) in [6.07, 6.45) is 1.51. The van der Waals surface area contributed by atoms with Crippen LogP contribution < -0.4 is 19.5 Å². The van der Waals surface area contributed by atoms with Gasteiger partial charge in [0.1, 0.15) is 11.5 Å². The first-order chi connectivity index (χ1) is 17.8. The predicted molar refractivity (Wildman–Crippen MR) is 145 cm³/mol. The number of nitrogens with zero attached hydrogens (tertiary/aromatic N) is 1. The summed E-state index contributed by atoms with van der Waals surface area (Å²) in [6, 6.07) is 18.7. The highest BCUT2D eigenvalue weighted by molar-refractivity contribution is 7.92. The molecule has 0 unspecified atom stereocenters. The van der Waals surface area contributed by atoms with Crippen LogP contribution in [0.15, 0.2) is 71.6 Å². The third kappa shape index (κ3) is 6.94. The average molecular weight is 544 g/mol. The minimum Gasteiger partial charge on any atom is -0.497 e. The predicted octanol–water partition coefficient (Wildman–Crippen LogP) is 5.01. The standard InChI is InChI=1S/C27H30ClN3O5S/c1-35-23-8-11-25(26(17-23)36-2)30-37(33,34)24-9-6-22(7-10-24)29-27(32)20-12-14-31(15-13-20)18-19-4-3-5-21(28)16-19/h3-11,16-17,20,30H,12-15,18H2,1-2H3,(H,29,32). The summed E-state index contributed by atoms with van der Waals surface area (Å²) in [4.78, 5) is 15.2. The molecule has 0 radical (unpaired) electrons. The van der Waals surface area contributed by atoms with E-state index in [9.17, 15) is 13.2 Å². The SMILES string of the molecule is COc1ccc(NS(=O)(=O)c2ccc(NC(=O)C3CCN(Cc4cccc(Cl)c4)CC3)cc2)c(OC)c1. The van der Waals surface area contributed by atoms with Crippen LogP contribution in [0.1, 0.15) is 18.4 Å². The van der Waals surface area contributed by atoms with Crippen molar-refractivity contribution in [2.75, 3.05) is 37.3 Å². The van der Waals surface area contributed by atoms with E-state index in [1.54, 1.807) is 30.3 Å². The fraction of sp³-hybridized carbons (Fsp3) is 0.296. The highest BCUT2D eigenvalue weighted by Crippen LogP contribution is 2.31. The van der Waals surface area contributed by atoms with E-state index in [4.69, 9.17) is 21.1 Å². The van der Waals surface area contributed by atoms with Gasteiger partial charge < -0.3 is 14.8 Å². The molecule has 8 nitrogen and oxygen atoms in total. The number of piperidine rings is 1. The number of hydrogen-bond acceptors (Lipinski definition) is 6. The van der Waals surface area contributed by atoms with E-state index < -0.39 is 10.0 Å². The zero-order valence-electron chi connectivity index (χ0n) is 20.7. The second-order valence-electron chi connectivity index (χ2n) is 8.87. The van der Waals surface area contributed by atoms with E-state index in [0.29, 0.717) is 22.9 Å². The molecule has 4 rings (SSSR count). The molecule has 1 amide bonds. The maximum Gasteiger partial charge on any atom is 0.262 e. The van der Waals surface area contributed by atoms with Gasteiger partial charge in [-0.1, -0.05) is 23.7 Å². The number of ether oxygens (including phenoxy) is 2. The molecule has 0 bridgehead atoms. The number of benzene rings is 3. The fourth-order valence-electron chi connectivity index (χ4n) is 4.30. The second kappa shape index (κ2) is 11.9. The maximum absolute atomic E-state index is 12.9. The molecule has 1 aliphatic rings. The maximum atomic E-state index is 12.9. The molecule has 1 fully saturated rings. The molecular weight excluding hydrogens is 514 g/mol. The molecule has 37 heavy (non-hydrogen) atoms. The van der Waals surface area contributed by atoms with E-state index in [-0.39, 0.29) is 16.7 Å². The van der Waals surface area contributed by atoms with Crippen molar-refractivity contribution in [3.8, 4) is 11.5 Å². The van der Waals surface area contributed by atoms with Gasteiger partial charge in [0.25, 0.3) is 10.0 Å². The number of sulfonamides is 1. The number of halogens is 1. The summed E-state index contributed by atoms with van der Waals surface area (Å²) in [5.41, 5.74) is 2.00. The number of amides is 1. The van der Waals surface area contributed by atoms with Crippen molar-refractivity contribution in [3.05, 3.63) is 77.3 Å². The lowest BCUT2D eigenvalue weighted by molar-refractivity contribution is -0.121. The first kappa shape index (κ1) is 26.8. The molecule has 3 aromatic carbocycles. The number of carbonyl (C=O) groups is 1. The first-order valence-corrected chi connectivity index (χ1v) is 13.8. The van der Waals surface area contributed by atoms with Crippen molar-refractivity contribution < 1.29 is 22.7 Å². The lowest BCUT2D eigenvalue weighted by Crippen LogP contribution is -2.37. The molecule has 1 saturated heterocycles. The first-order valence-electron chi connectivity index (χ1n) is 11.9. The van der Waals surface area contributed by atoms with Gasteiger partial charge in [-0.3, -0.25) is 14.4 Å². The quantitative estimate of drug-likeness (QED) is 0.394. The normalized spacial score (nSPS) is 14.7. The molecule has 0 aromatic heterocycles. The van der Waals surface area contributed by atoms with Gasteiger partial charge in [0, 0.05) is 29.2 Å². The molecule has 0 spiro atoms. The van der Waals surface area contributed by atoms with Gasteiger partial charge in [0.05, 0.1) is 24.8 Å². The van der Waals surface area contributed by atoms with E-state index >= 15 is 0 Å². The summed E-state index contributed by atoms with van der Waals surface area (Å²) in [5.74, 6) is 0.736. The third-order valence-corrected chi connectivity index (χ3v) is 7.96. The van der Waals surface area contributed by atoms with Crippen LogP contribution in [0, 0.1) is 5.92 Å². The Hall–Kier alpha value is -3.27. The van der Waals surface area contributed by atoms with Gasteiger partial charge in [-0.25, -0.2) is 8.42 Å². The average Bonchev–Trinajstić information content (AvgIpc) is 2.89. The van der Waals surface area contributed by atoms with Crippen LogP contribution in [0.25, 0.3) is 0 Å². The molecule has 10 heteroatoms. The van der Waals surface area contributed by atoms with E-state index in [2.05, 4.69) is 21.0 Å². The summed E-state index contributed by atoms with van der Waals surface area (Å²) in [6.45, 7) is 2.45. The van der Waals surface area contributed by atoms with Crippen LogP contribution in [0.2, 0.25) is 5.02 Å². The van der Waals surface area contributed by atoms with E-state index in [1.165, 1.54) is 26.4 Å². The van der Waals surface area contributed by atoms with Crippen LogP contribution in [0.3, 0.4) is 0 Å². The lowest BCUT2D eigenvalue weighted by atomic mass is 9.95. The van der Waals surface area contributed by atoms with Crippen LogP contribution in [0.5, 0.6) is 11.5 Å². The molecule has 1 heterocycles. The third-order valence-electron chi connectivity index (χ3n) is 6.34. The smallest absolute Gasteiger partial charge is 0.262 e. The number of rotatable bonds is 9. The fourth-order valence-corrected chi connectivity index (χ4v) is 5.58. The summed E-state index contributed by atoms with van der Waals surface area (Å²) in [7, 11) is -0.893. The highest BCUT2D eigenvalue weighted by Gasteiger charge is 2.25. The Labute approximate surface area is 222 Å². The number of likely N-dealkylation sites (tertiary alicyclic amines) is 1. The number of hydrogen-bond donors (Lipinski definition) is 2. The van der Waals surface area contributed by atoms with Gasteiger partial charge in [-0.05, 0) is 80.0 Å². The molecule has 0 atom stereocenters. The van der Waals surface area contributed by atoms with E-state index in [0.717, 1.165) is 43.1 Å². The molecule has 0 saturated carbocycles. The highest BCUT2D eigenvalue weighted by atomic mass is 35.5. The molecule has 196 valence electrons. The minimum absolute atomic E-state index is 0.0564. The monoisotopic (exact) mass is 543 g/mol. The van der Waals surface area contributed by atoms with Crippen molar-refractivity contribution in [1.29, 1.82) is 0 Å². The van der Waals surface area contributed by atoms with Gasteiger partial charge >= 0.3 is 0 Å². The Bertz CT molecular complexity index is 1340. The van der Waals surface area contributed by atoms with Gasteiger partial charge in [-0.15, -0.1) is 0 Å². The molecule has 2 N–H and O–H groups in total. The van der Waals surface area contributed by atoms with Crippen molar-refractivity contribution >= 4 is 38.9 Å². The van der Waals surface area contributed by atoms with Gasteiger partial charge in [-0.2, -0.15) is 0 Å². The Morgan fingerprint density at radius 3 is 2.38 bits per heavy atom. The Morgan fingerprint density at radius 1 is 1.00 bits per heavy atom. The zero-order chi connectivity index (χ0) is 26.4. The topological polar surface area (TPSA) is 97.0 Å². The molecular formula is C27H30ClN3O5S. The van der Waals surface area contributed by atoms with E-state index in [1.807, 2.05) is 18.2 Å². The second-order valence-corrected chi connectivity index (χ2v) is 11.0. The number of anilines is 2. The van der Waals surface area contributed by atoms with Crippen LogP contribution in [-0.2, 0) is 21.4 Å².